The molecule has 2 fully saturated rings. The predicted octanol–water partition coefficient (Wildman–Crippen LogP) is 3.45. The first-order valence-corrected chi connectivity index (χ1v) is 18.5. The molecule has 1 saturated carbocycles. The van der Waals surface area contributed by atoms with E-state index in [1.165, 1.54) is 5.56 Å². The van der Waals surface area contributed by atoms with Gasteiger partial charge in [-0.25, -0.2) is 13.4 Å². The van der Waals surface area contributed by atoms with Crippen LogP contribution in [0.4, 0.5) is 0 Å². The molecular weight excluding hydrogens is 599 g/mol. The molecule has 2 aliphatic rings. The fourth-order valence-corrected chi connectivity index (χ4v) is 8.30. The summed E-state index contributed by atoms with van der Waals surface area (Å²) in [6, 6.07) is 5.22. The topological polar surface area (TPSA) is 152 Å². The number of primary amides is 1. The molecule has 4 N–H and O–H groups in total. The standard InChI is InChI=1S/C32H47N5O5S2/c1-4-29(38)34-27(19-30-35-26-13-10-23(21(2)3)18-28(26)43-30)32(40)36-25(22-8-6-5-7-9-22)12-11-24(31(33)39)20-37-14-16-44(41,42)17-15-37/h10-11,13,18,21-22,25,27H,4-9,12,14-17,19-20H2,1-3H3,(H2,33,39)(H,34,38)(H,36,40)/t25-,27-/m0/s1. The summed E-state index contributed by atoms with van der Waals surface area (Å²) >= 11 is 1.54. The average molecular weight is 646 g/mol. The highest BCUT2D eigenvalue weighted by atomic mass is 32.2. The van der Waals surface area contributed by atoms with Crippen LogP contribution in [0.25, 0.3) is 10.2 Å². The number of hydrogen-bond donors (Lipinski definition) is 3. The van der Waals surface area contributed by atoms with Crippen LogP contribution in [0.2, 0.25) is 0 Å². The van der Waals surface area contributed by atoms with Crippen LogP contribution in [-0.4, -0.2) is 79.2 Å². The monoisotopic (exact) mass is 645 g/mol. The summed E-state index contributed by atoms with van der Waals surface area (Å²) in [6.07, 6.45) is 8.02. The van der Waals surface area contributed by atoms with Gasteiger partial charge in [-0.2, -0.15) is 0 Å². The lowest BCUT2D eigenvalue weighted by Gasteiger charge is -2.32. The van der Waals surface area contributed by atoms with Gasteiger partial charge in [-0.3, -0.25) is 19.3 Å². The van der Waals surface area contributed by atoms with Crippen LogP contribution >= 0.6 is 11.3 Å². The Bertz CT molecular complexity index is 1450. The lowest BCUT2D eigenvalue weighted by Crippen LogP contribution is -2.52. The predicted molar refractivity (Wildman–Crippen MR) is 175 cm³/mol. The summed E-state index contributed by atoms with van der Waals surface area (Å²) < 4.78 is 24.7. The van der Waals surface area contributed by atoms with Crippen LogP contribution < -0.4 is 16.4 Å². The second kappa shape index (κ2) is 15.4. The number of nitrogens with one attached hydrogen (secondary N) is 2. The minimum atomic E-state index is -3.04. The van der Waals surface area contributed by atoms with Crippen molar-refractivity contribution in [2.75, 3.05) is 31.1 Å². The summed E-state index contributed by atoms with van der Waals surface area (Å²) in [5.74, 6) is -0.253. The summed E-state index contributed by atoms with van der Waals surface area (Å²) in [4.78, 5) is 45.4. The molecule has 3 amide bonds. The minimum absolute atomic E-state index is 0.0677. The second-order valence-corrected chi connectivity index (χ2v) is 15.9. The van der Waals surface area contributed by atoms with Gasteiger partial charge in [0, 0.05) is 44.1 Å². The SMILES string of the molecule is CCC(=O)N[C@@H](Cc1nc2ccc(C(C)C)cc2s1)C(=O)N[C@@H](CC=C(CN1CCS(=O)(=O)CC1)C(N)=O)C1CCCCC1. The van der Waals surface area contributed by atoms with Gasteiger partial charge in [0.1, 0.15) is 6.04 Å². The third-order valence-electron chi connectivity index (χ3n) is 8.79. The van der Waals surface area contributed by atoms with E-state index in [-0.39, 0.29) is 54.7 Å². The van der Waals surface area contributed by atoms with E-state index in [1.54, 1.807) is 18.3 Å². The molecule has 1 aliphatic carbocycles. The minimum Gasteiger partial charge on any atom is -0.366 e. The summed E-state index contributed by atoms with van der Waals surface area (Å²) in [5.41, 5.74) is 8.27. The molecule has 1 aromatic carbocycles. The number of nitrogens with two attached hydrogens (primary N) is 1. The third kappa shape index (κ3) is 9.58. The summed E-state index contributed by atoms with van der Waals surface area (Å²) in [5, 5.41) is 6.93. The van der Waals surface area contributed by atoms with E-state index < -0.39 is 21.8 Å². The fourth-order valence-electron chi connectivity index (χ4n) is 5.97. The molecule has 1 aliphatic heterocycles. The molecule has 1 saturated heterocycles. The number of rotatable bonds is 13. The number of nitrogens with zero attached hydrogens (tertiary/aromatic N) is 2. The molecule has 0 radical (unpaired) electrons. The number of hydrogen-bond acceptors (Lipinski definition) is 8. The molecule has 10 nitrogen and oxygen atoms in total. The fraction of sp³-hybridized carbons (Fsp3) is 0.625. The van der Waals surface area contributed by atoms with Crippen molar-refractivity contribution < 1.29 is 22.8 Å². The van der Waals surface area contributed by atoms with Gasteiger partial charge in [-0.1, -0.05) is 52.2 Å². The van der Waals surface area contributed by atoms with Gasteiger partial charge in [0.2, 0.25) is 17.7 Å². The highest BCUT2D eigenvalue weighted by Crippen LogP contribution is 2.29. The van der Waals surface area contributed by atoms with Crippen molar-refractivity contribution >= 4 is 49.1 Å². The Morgan fingerprint density at radius 1 is 1.11 bits per heavy atom. The van der Waals surface area contributed by atoms with Gasteiger partial charge < -0.3 is 16.4 Å². The first-order valence-electron chi connectivity index (χ1n) is 15.8. The number of carbonyl (C=O) groups excluding carboxylic acids is 3. The van der Waals surface area contributed by atoms with Crippen LogP contribution in [0.1, 0.15) is 82.2 Å². The Kier molecular flexibility index (Phi) is 12.0. The maximum absolute atomic E-state index is 13.8. The zero-order chi connectivity index (χ0) is 31.9. The zero-order valence-corrected chi connectivity index (χ0v) is 27.8. The number of amides is 3. The van der Waals surface area contributed by atoms with Crippen molar-refractivity contribution in [2.45, 2.75) is 90.1 Å². The van der Waals surface area contributed by atoms with E-state index in [2.05, 4.69) is 36.6 Å². The van der Waals surface area contributed by atoms with Crippen LogP contribution in [0, 0.1) is 5.92 Å². The quantitative estimate of drug-likeness (QED) is 0.282. The Morgan fingerprint density at radius 3 is 2.45 bits per heavy atom. The molecule has 0 spiro atoms. The van der Waals surface area contributed by atoms with Crippen LogP contribution in [0.15, 0.2) is 29.8 Å². The number of sulfone groups is 1. The molecule has 0 unspecified atom stereocenters. The van der Waals surface area contributed by atoms with Crippen LogP contribution in [0.3, 0.4) is 0 Å². The number of benzene rings is 1. The molecule has 2 atom stereocenters. The summed E-state index contributed by atoms with van der Waals surface area (Å²) in [7, 11) is -3.04. The maximum Gasteiger partial charge on any atom is 0.245 e. The zero-order valence-electron chi connectivity index (χ0n) is 26.1. The van der Waals surface area contributed by atoms with Gasteiger partial charge in [0.05, 0.1) is 26.7 Å². The number of aromatic nitrogens is 1. The van der Waals surface area contributed by atoms with Gasteiger partial charge in [-0.15, -0.1) is 11.3 Å². The largest absolute Gasteiger partial charge is 0.366 e. The normalized spacial score (nSPS) is 19.5. The molecule has 44 heavy (non-hydrogen) atoms. The molecule has 12 heteroatoms. The molecule has 1 aromatic heterocycles. The van der Waals surface area contributed by atoms with Crippen molar-refractivity contribution in [3.63, 3.8) is 0 Å². The van der Waals surface area contributed by atoms with Crippen LogP contribution in [0.5, 0.6) is 0 Å². The van der Waals surface area contributed by atoms with Crippen LogP contribution in [-0.2, 0) is 30.6 Å². The molecular formula is C32H47N5O5S2. The van der Waals surface area contributed by atoms with Gasteiger partial charge in [0.25, 0.3) is 0 Å². The Morgan fingerprint density at radius 2 is 1.82 bits per heavy atom. The van der Waals surface area contributed by atoms with Crippen molar-refractivity contribution in [3.8, 4) is 0 Å². The second-order valence-electron chi connectivity index (χ2n) is 12.4. The Balaban J connectivity index is 1.51. The van der Waals surface area contributed by atoms with E-state index in [4.69, 9.17) is 10.7 Å². The molecule has 2 aromatic rings. The van der Waals surface area contributed by atoms with E-state index in [0.29, 0.717) is 31.0 Å². The maximum atomic E-state index is 13.8. The molecule has 242 valence electrons. The van der Waals surface area contributed by atoms with Gasteiger partial charge in [0.15, 0.2) is 9.84 Å². The van der Waals surface area contributed by atoms with Crippen molar-refractivity contribution in [2.24, 2.45) is 11.7 Å². The number of fused-ring (bicyclic) bond motifs is 1. The first kappa shape index (κ1) is 34.1. The first-order chi connectivity index (χ1) is 20.9. The van der Waals surface area contributed by atoms with Gasteiger partial charge >= 0.3 is 0 Å². The highest BCUT2D eigenvalue weighted by Gasteiger charge is 2.30. The Labute approximate surface area is 265 Å². The van der Waals surface area contributed by atoms with Crippen molar-refractivity contribution in [3.05, 3.63) is 40.4 Å². The molecule has 4 rings (SSSR count). The smallest absolute Gasteiger partial charge is 0.245 e. The Hall–Kier alpha value is -2.83. The summed E-state index contributed by atoms with van der Waals surface area (Å²) in [6.45, 7) is 7.05. The van der Waals surface area contributed by atoms with Crippen molar-refractivity contribution in [1.29, 1.82) is 0 Å². The van der Waals surface area contributed by atoms with E-state index >= 15 is 0 Å². The average Bonchev–Trinajstić information content (AvgIpc) is 3.40. The molecule has 2 heterocycles. The lowest BCUT2D eigenvalue weighted by molar-refractivity contribution is -0.129. The third-order valence-corrected chi connectivity index (χ3v) is 11.4. The highest BCUT2D eigenvalue weighted by molar-refractivity contribution is 7.91. The van der Waals surface area contributed by atoms with E-state index in [9.17, 15) is 22.8 Å². The lowest BCUT2D eigenvalue weighted by atomic mass is 9.82. The number of carbonyl (C=O) groups is 3. The van der Waals surface area contributed by atoms with E-state index in [1.807, 2.05) is 17.0 Å². The van der Waals surface area contributed by atoms with Crippen molar-refractivity contribution in [1.82, 2.24) is 20.5 Å². The molecule has 0 bridgehead atoms. The van der Waals surface area contributed by atoms with E-state index in [0.717, 1.165) is 47.3 Å². The number of thiazole rings is 1. The van der Waals surface area contributed by atoms with Gasteiger partial charge in [-0.05, 0) is 48.8 Å².